The van der Waals surface area contributed by atoms with Crippen molar-refractivity contribution in [2.45, 2.75) is 20.3 Å². The van der Waals surface area contributed by atoms with Crippen LogP contribution in [0.2, 0.25) is 0 Å². The van der Waals surface area contributed by atoms with Crippen LogP contribution in [0.25, 0.3) is 0 Å². The summed E-state index contributed by atoms with van der Waals surface area (Å²) in [5.41, 5.74) is 1.42. The van der Waals surface area contributed by atoms with E-state index in [1.54, 1.807) is 26.0 Å². The van der Waals surface area contributed by atoms with E-state index in [9.17, 15) is 9.90 Å². The van der Waals surface area contributed by atoms with E-state index < -0.39 is 11.9 Å². The number of hydrogen-bond donors (Lipinski definition) is 2. The van der Waals surface area contributed by atoms with Gasteiger partial charge >= 0.3 is 5.97 Å². The first-order valence-corrected chi connectivity index (χ1v) is 5.05. The summed E-state index contributed by atoms with van der Waals surface area (Å²) in [6.07, 6.45) is 0.340. The maximum Gasteiger partial charge on any atom is 0.306 e. The summed E-state index contributed by atoms with van der Waals surface area (Å²) in [5.74, 6) is -0.588. The summed E-state index contributed by atoms with van der Waals surface area (Å²) in [5, 5.41) is 18.4. The number of aliphatic carboxylic acids is 1. The quantitative estimate of drug-likeness (QED) is 0.820. The summed E-state index contributed by atoms with van der Waals surface area (Å²) in [6, 6.07) is 3.27. The van der Waals surface area contributed by atoms with E-state index in [2.05, 4.69) is 0 Å². The van der Waals surface area contributed by atoms with Gasteiger partial charge in [0.15, 0.2) is 0 Å². The molecule has 0 bridgehead atoms. The molecule has 0 aliphatic heterocycles. The monoisotopic (exact) mass is 224 g/mol. The molecular weight excluding hydrogens is 208 g/mol. The highest BCUT2D eigenvalue weighted by Crippen LogP contribution is 2.29. The molecule has 0 radical (unpaired) electrons. The third-order valence-electron chi connectivity index (χ3n) is 2.55. The minimum atomic E-state index is -0.859. The van der Waals surface area contributed by atoms with E-state index >= 15 is 0 Å². The van der Waals surface area contributed by atoms with Gasteiger partial charge in [0, 0.05) is 0 Å². The Morgan fingerprint density at radius 1 is 1.50 bits per heavy atom. The molecular formula is C12H16O4. The average molecular weight is 224 g/mol. The number of phenols is 1. The number of phenolic OH excluding ortho intramolecular Hbond substituents is 1. The number of hydrogen-bond acceptors (Lipinski definition) is 3. The van der Waals surface area contributed by atoms with Crippen LogP contribution >= 0.6 is 0 Å². The Balaban J connectivity index is 3.03. The zero-order valence-corrected chi connectivity index (χ0v) is 9.65. The molecule has 0 aliphatic rings. The second-order valence-electron chi connectivity index (χ2n) is 3.89. The van der Waals surface area contributed by atoms with E-state index in [1.165, 1.54) is 7.11 Å². The number of ether oxygens (including phenoxy) is 1. The predicted molar refractivity (Wildman–Crippen MR) is 59.9 cm³/mol. The number of aromatic hydroxyl groups is 1. The molecule has 1 aromatic carbocycles. The van der Waals surface area contributed by atoms with Crippen molar-refractivity contribution in [2.75, 3.05) is 7.11 Å². The second kappa shape index (κ2) is 4.88. The van der Waals surface area contributed by atoms with Crippen LogP contribution in [0.3, 0.4) is 0 Å². The minimum Gasteiger partial charge on any atom is -0.508 e. The highest BCUT2D eigenvalue weighted by molar-refractivity contribution is 5.70. The number of aryl methyl sites for hydroxylation is 1. The normalized spacial score (nSPS) is 12.2. The van der Waals surface area contributed by atoms with E-state index in [4.69, 9.17) is 9.84 Å². The Morgan fingerprint density at radius 3 is 2.62 bits per heavy atom. The van der Waals surface area contributed by atoms with Gasteiger partial charge in [0.2, 0.25) is 0 Å². The Hall–Kier alpha value is -1.71. The van der Waals surface area contributed by atoms with Crippen LogP contribution in [0.4, 0.5) is 0 Å². The molecule has 1 rings (SSSR count). The summed E-state index contributed by atoms with van der Waals surface area (Å²) in [4.78, 5) is 10.8. The zero-order chi connectivity index (χ0) is 12.3. The van der Waals surface area contributed by atoms with Crippen molar-refractivity contribution in [1.82, 2.24) is 0 Å². The first-order chi connectivity index (χ1) is 7.45. The van der Waals surface area contributed by atoms with Crippen LogP contribution in [0.1, 0.15) is 18.1 Å². The van der Waals surface area contributed by atoms with E-state index in [0.29, 0.717) is 23.3 Å². The molecule has 1 atom stereocenters. The van der Waals surface area contributed by atoms with Crippen LogP contribution in [-0.2, 0) is 11.2 Å². The SMILES string of the molecule is COc1cc(C)c(O)cc1CC(C)C(=O)O. The molecule has 0 heterocycles. The number of rotatable bonds is 4. The second-order valence-corrected chi connectivity index (χ2v) is 3.89. The lowest BCUT2D eigenvalue weighted by atomic mass is 9.99. The highest BCUT2D eigenvalue weighted by Gasteiger charge is 2.15. The molecule has 0 saturated heterocycles. The smallest absolute Gasteiger partial charge is 0.306 e. The fourth-order valence-corrected chi connectivity index (χ4v) is 1.48. The molecule has 16 heavy (non-hydrogen) atoms. The lowest BCUT2D eigenvalue weighted by Gasteiger charge is -2.12. The summed E-state index contributed by atoms with van der Waals surface area (Å²) in [7, 11) is 1.53. The molecule has 1 aromatic rings. The Morgan fingerprint density at radius 2 is 2.12 bits per heavy atom. The van der Waals surface area contributed by atoms with Crippen LogP contribution in [0, 0.1) is 12.8 Å². The number of benzene rings is 1. The summed E-state index contributed by atoms with van der Waals surface area (Å²) in [6.45, 7) is 3.39. The molecule has 0 aliphatic carbocycles. The summed E-state index contributed by atoms with van der Waals surface area (Å²) >= 11 is 0. The largest absolute Gasteiger partial charge is 0.508 e. The third-order valence-corrected chi connectivity index (χ3v) is 2.55. The van der Waals surface area contributed by atoms with Gasteiger partial charge in [-0.15, -0.1) is 0 Å². The predicted octanol–water partition coefficient (Wildman–Crippen LogP) is 1.97. The van der Waals surface area contributed by atoms with Crippen molar-refractivity contribution < 1.29 is 19.7 Å². The van der Waals surface area contributed by atoms with Gasteiger partial charge in [-0.3, -0.25) is 4.79 Å². The lowest BCUT2D eigenvalue weighted by Crippen LogP contribution is -2.12. The molecule has 0 spiro atoms. The number of carboxylic acids is 1. The van der Waals surface area contributed by atoms with Gasteiger partial charge in [0.1, 0.15) is 11.5 Å². The van der Waals surface area contributed by atoms with E-state index in [-0.39, 0.29) is 5.75 Å². The van der Waals surface area contributed by atoms with Gasteiger partial charge in [-0.25, -0.2) is 0 Å². The topological polar surface area (TPSA) is 66.8 Å². The van der Waals surface area contributed by atoms with Crippen molar-refractivity contribution in [3.8, 4) is 11.5 Å². The molecule has 2 N–H and O–H groups in total. The maximum atomic E-state index is 10.8. The van der Waals surface area contributed by atoms with Gasteiger partial charge in [-0.1, -0.05) is 6.92 Å². The molecule has 0 amide bonds. The third kappa shape index (κ3) is 2.66. The lowest BCUT2D eigenvalue weighted by molar-refractivity contribution is -0.141. The Labute approximate surface area is 94.5 Å². The van der Waals surface area contributed by atoms with Crippen LogP contribution < -0.4 is 4.74 Å². The average Bonchev–Trinajstić information content (AvgIpc) is 2.22. The summed E-state index contributed by atoms with van der Waals surface area (Å²) < 4.78 is 5.16. The molecule has 0 fully saturated rings. The molecule has 88 valence electrons. The van der Waals surface area contributed by atoms with Crippen molar-refractivity contribution >= 4 is 5.97 Å². The van der Waals surface area contributed by atoms with E-state index in [1.807, 2.05) is 0 Å². The van der Waals surface area contributed by atoms with Gasteiger partial charge in [0.05, 0.1) is 13.0 Å². The maximum absolute atomic E-state index is 10.8. The van der Waals surface area contributed by atoms with Crippen molar-refractivity contribution in [3.63, 3.8) is 0 Å². The van der Waals surface area contributed by atoms with Crippen LogP contribution in [0.5, 0.6) is 11.5 Å². The standard InChI is InChI=1S/C12H16O4/c1-7-5-11(16-3)9(6-10(7)13)4-8(2)12(14)15/h5-6,8,13H,4H2,1-3H3,(H,14,15). The first kappa shape index (κ1) is 12.4. The first-order valence-electron chi connectivity index (χ1n) is 5.05. The Bertz CT molecular complexity index is 398. The molecule has 0 aromatic heterocycles. The Kier molecular flexibility index (Phi) is 3.77. The number of methoxy groups -OCH3 is 1. The van der Waals surface area contributed by atoms with Crippen molar-refractivity contribution in [1.29, 1.82) is 0 Å². The zero-order valence-electron chi connectivity index (χ0n) is 9.65. The number of carbonyl (C=O) groups is 1. The van der Waals surface area contributed by atoms with Gasteiger partial charge in [0.25, 0.3) is 0 Å². The van der Waals surface area contributed by atoms with Gasteiger partial charge in [-0.2, -0.15) is 0 Å². The minimum absolute atomic E-state index is 0.161. The van der Waals surface area contributed by atoms with E-state index in [0.717, 1.165) is 0 Å². The van der Waals surface area contributed by atoms with Gasteiger partial charge < -0.3 is 14.9 Å². The van der Waals surface area contributed by atoms with Crippen molar-refractivity contribution in [3.05, 3.63) is 23.3 Å². The fraction of sp³-hybridized carbons (Fsp3) is 0.417. The number of carboxylic acid groups (broad SMARTS) is 1. The molecule has 0 saturated carbocycles. The van der Waals surface area contributed by atoms with Crippen LogP contribution in [-0.4, -0.2) is 23.3 Å². The molecule has 1 unspecified atom stereocenters. The highest BCUT2D eigenvalue weighted by atomic mass is 16.5. The van der Waals surface area contributed by atoms with Crippen LogP contribution in [0.15, 0.2) is 12.1 Å². The fourth-order valence-electron chi connectivity index (χ4n) is 1.48. The van der Waals surface area contributed by atoms with Gasteiger partial charge in [-0.05, 0) is 36.6 Å². The molecule has 4 nitrogen and oxygen atoms in total. The molecule has 4 heteroatoms. The van der Waals surface area contributed by atoms with Crippen molar-refractivity contribution in [2.24, 2.45) is 5.92 Å².